The van der Waals surface area contributed by atoms with Crippen LogP contribution < -0.4 is 5.32 Å². The topological polar surface area (TPSA) is 75.7 Å². The van der Waals surface area contributed by atoms with E-state index in [0.717, 1.165) is 17.5 Å². The van der Waals surface area contributed by atoms with E-state index in [1.807, 2.05) is 31.2 Å². The van der Waals surface area contributed by atoms with Gasteiger partial charge in [-0.05, 0) is 38.7 Å². The van der Waals surface area contributed by atoms with Gasteiger partial charge >= 0.3 is 5.97 Å². The number of allylic oxidation sites excluding steroid dienone is 1. The van der Waals surface area contributed by atoms with Crippen molar-refractivity contribution in [2.24, 2.45) is 5.92 Å². The summed E-state index contributed by atoms with van der Waals surface area (Å²) in [5.41, 5.74) is 2.90. The van der Waals surface area contributed by atoms with Crippen LogP contribution in [0, 0.1) is 12.8 Å². The smallest absolute Gasteiger partial charge is 0.336 e. The van der Waals surface area contributed by atoms with Crippen LogP contribution in [-0.4, -0.2) is 42.4 Å². The number of amides is 2. The van der Waals surface area contributed by atoms with Gasteiger partial charge in [-0.2, -0.15) is 0 Å². The third-order valence-electron chi connectivity index (χ3n) is 5.11. The molecule has 1 heterocycles. The second-order valence-corrected chi connectivity index (χ2v) is 7.90. The van der Waals surface area contributed by atoms with Crippen LogP contribution in [0.15, 0.2) is 35.5 Å². The molecule has 6 heteroatoms. The standard InChI is InChI=1S/C23H32N2O4/c1-6-29-23(28)22-17(5)25(14-20(26)24-11-10-15(2)3)21(27)13-19(22)18-9-7-8-16(4)12-18/h7-9,12,15,19H,6,10-11,13-14H2,1-5H3,(H,24,26). The Bertz CT molecular complexity index is 798. The summed E-state index contributed by atoms with van der Waals surface area (Å²) in [6.07, 6.45) is 1.01. The summed E-state index contributed by atoms with van der Waals surface area (Å²) in [7, 11) is 0. The van der Waals surface area contributed by atoms with Crippen LogP contribution in [0.1, 0.15) is 57.6 Å². The first kappa shape index (κ1) is 22.7. The highest BCUT2D eigenvalue weighted by molar-refractivity contribution is 5.97. The maximum Gasteiger partial charge on any atom is 0.336 e. The maximum atomic E-state index is 12.9. The number of nitrogens with zero attached hydrogens (tertiary/aromatic N) is 1. The second kappa shape index (κ2) is 10.2. The molecule has 158 valence electrons. The van der Waals surface area contributed by atoms with Gasteiger partial charge in [-0.3, -0.25) is 9.59 Å². The van der Waals surface area contributed by atoms with Gasteiger partial charge in [-0.25, -0.2) is 4.79 Å². The van der Waals surface area contributed by atoms with Crippen LogP contribution in [0.4, 0.5) is 0 Å². The lowest BCUT2D eigenvalue weighted by Gasteiger charge is -2.34. The fraction of sp³-hybridized carbons (Fsp3) is 0.522. The van der Waals surface area contributed by atoms with Crippen LogP contribution >= 0.6 is 0 Å². The minimum absolute atomic E-state index is 0.0911. The average Bonchev–Trinajstić information content (AvgIpc) is 2.64. The molecule has 2 rings (SSSR count). The van der Waals surface area contributed by atoms with E-state index < -0.39 is 5.97 Å². The van der Waals surface area contributed by atoms with Crippen molar-refractivity contribution in [3.05, 3.63) is 46.7 Å². The first-order valence-electron chi connectivity index (χ1n) is 10.3. The molecule has 1 unspecified atom stereocenters. The summed E-state index contributed by atoms with van der Waals surface area (Å²) in [6.45, 7) is 10.3. The Hall–Kier alpha value is -2.63. The van der Waals surface area contributed by atoms with Crippen molar-refractivity contribution in [1.29, 1.82) is 0 Å². The Morgan fingerprint density at radius 2 is 2.00 bits per heavy atom. The van der Waals surface area contributed by atoms with E-state index in [0.29, 0.717) is 23.7 Å². The highest BCUT2D eigenvalue weighted by atomic mass is 16.5. The van der Waals surface area contributed by atoms with Crippen molar-refractivity contribution < 1.29 is 19.1 Å². The van der Waals surface area contributed by atoms with E-state index in [-0.39, 0.29) is 37.3 Å². The highest BCUT2D eigenvalue weighted by Crippen LogP contribution is 2.37. The molecule has 2 amide bonds. The van der Waals surface area contributed by atoms with Gasteiger partial charge in [0.15, 0.2) is 0 Å². The quantitative estimate of drug-likeness (QED) is 0.679. The number of aryl methyl sites for hydroxylation is 1. The first-order valence-corrected chi connectivity index (χ1v) is 10.3. The molecular weight excluding hydrogens is 368 g/mol. The SMILES string of the molecule is CCOC(=O)C1=C(C)N(CC(=O)NCCC(C)C)C(=O)CC1c1cccc(C)c1. The molecule has 0 bridgehead atoms. The van der Waals surface area contributed by atoms with Crippen LogP contribution in [0.2, 0.25) is 0 Å². The summed E-state index contributed by atoms with van der Waals surface area (Å²) in [6, 6.07) is 7.80. The molecule has 1 aliphatic heterocycles. The zero-order chi connectivity index (χ0) is 21.6. The molecule has 0 saturated carbocycles. The van der Waals surface area contributed by atoms with Gasteiger partial charge in [0, 0.05) is 24.6 Å². The zero-order valence-corrected chi connectivity index (χ0v) is 18.1. The van der Waals surface area contributed by atoms with E-state index >= 15 is 0 Å². The molecule has 1 aromatic carbocycles. The predicted molar refractivity (Wildman–Crippen MR) is 112 cm³/mol. The van der Waals surface area contributed by atoms with Crippen molar-refractivity contribution in [1.82, 2.24) is 10.2 Å². The Morgan fingerprint density at radius 1 is 1.28 bits per heavy atom. The largest absolute Gasteiger partial charge is 0.463 e. The molecule has 0 aromatic heterocycles. The van der Waals surface area contributed by atoms with Crippen molar-refractivity contribution in [2.75, 3.05) is 19.7 Å². The molecular formula is C23H32N2O4. The number of ether oxygens (including phenoxy) is 1. The zero-order valence-electron chi connectivity index (χ0n) is 18.1. The fourth-order valence-corrected chi connectivity index (χ4v) is 3.55. The van der Waals surface area contributed by atoms with Gasteiger partial charge < -0.3 is 15.0 Å². The molecule has 0 fully saturated rings. The number of rotatable bonds is 8. The van der Waals surface area contributed by atoms with Crippen LogP contribution in [0.5, 0.6) is 0 Å². The number of hydrogen-bond acceptors (Lipinski definition) is 4. The normalized spacial score (nSPS) is 17.0. The Balaban J connectivity index is 2.31. The Morgan fingerprint density at radius 3 is 2.62 bits per heavy atom. The van der Waals surface area contributed by atoms with Crippen LogP contribution in [-0.2, 0) is 19.1 Å². The molecule has 6 nitrogen and oxygen atoms in total. The average molecular weight is 401 g/mol. The van der Waals surface area contributed by atoms with E-state index in [1.54, 1.807) is 13.8 Å². The molecule has 1 aliphatic rings. The molecule has 0 aliphatic carbocycles. The fourth-order valence-electron chi connectivity index (χ4n) is 3.55. The first-order chi connectivity index (χ1) is 13.7. The van der Waals surface area contributed by atoms with Crippen molar-refractivity contribution in [3.8, 4) is 0 Å². The summed E-state index contributed by atoms with van der Waals surface area (Å²) in [4.78, 5) is 39.4. The highest BCUT2D eigenvalue weighted by Gasteiger charge is 2.37. The molecule has 0 saturated heterocycles. The molecule has 1 N–H and O–H groups in total. The number of hydrogen-bond donors (Lipinski definition) is 1. The van der Waals surface area contributed by atoms with Gasteiger partial charge in [0.05, 0.1) is 12.2 Å². The maximum absolute atomic E-state index is 12.9. The summed E-state index contributed by atoms with van der Waals surface area (Å²) >= 11 is 0. The van der Waals surface area contributed by atoms with Crippen molar-refractivity contribution >= 4 is 17.8 Å². The second-order valence-electron chi connectivity index (χ2n) is 7.90. The van der Waals surface area contributed by atoms with Crippen molar-refractivity contribution in [3.63, 3.8) is 0 Å². The monoisotopic (exact) mass is 400 g/mol. The lowest BCUT2D eigenvalue weighted by atomic mass is 9.83. The predicted octanol–water partition coefficient (Wildman–Crippen LogP) is 3.31. The van der Waals surface area contributed by atoms with Gasteiger partial charge in [0.25, 0.3) is 0 Å². The third-order valence-corrected chi connectivity index (χ3v) is 5.11. The lowest BCUT2D eigenvalue weighted by Crippen LogP contribution is -2.44. The van der Waals surface area contributed by atoms with Gasteiger partial charge in [0.2, 0.25) is 11.8 Å². The molecule has 0 spiro atoms. The van der Waals surface area contributed by atoms with E-state index in [1.165, 1.54) is 4.90 Å². The number of benzene rings is 1. The number of nitrogens with one attached hydrogen (secondary N) is 1. The molecule has 0 radical (unpaired) electrons. The minimum atomic E-state index is -0.436. The molecule has 1 atom stereocenters. The Labute approximate surface area is 173 Å². The van der Waals surface area contributed by atoms with E-state index in [2.05, 4.69) is 19.2 Å². The molecule has 1 aromatic rings. The summed E-state index contributed by atoms with van der Waals surface area (Å²) < 4.78 is 5.28. The Kier molecular flexibility index (Phi) is 8.00. The lowest BCUT2D eigenvalue weighted by molar-refractivity contribution is -0.141. The van der Waals surface area contributed by atoms with E-state index in [9.17, 15) is 14.4 Å². The van der Waals surface area contributed by atoms with Gasteiger partial charge in [-0.15, -0.1) is 0 Å². The summed E-state index contributed by atoms with van der Waals surface area (Å²) in [5.74, 6) is -0.716. The van der Waals surface area contributed by atoms with Gasteiger partial charge in [-0.1, -0.05) is 43.7 Å². The van der Waals surface area contributed by atoms with Gasteiger partial charge in [0.1, 0.15) is 6.54 Å². The van der Waals surface area contributed by atoms with E-state index in [4.69, 9.17) is 4.74 Å². The summed E-state index contributed by atoms with van der Waals surface area (Å²) in [5, 5.41) is 2.85. The van der Waals surface area contributed by atoms with Crippen LogP contribution in [0.3, 0.4) is 0 Å². The third kappa shape index (κ3) is 5.92. The van der Waals surface area contributed by atoms with Crippen molar-refractivity contribution in [2.45, 2.75) is 53.4 Å². The number of carbonyl (C=O) groups is 3. The number of carbonyl (C=O) groups excluding carboxylic acids is 3. The minimum Gasteiger partial charge on any atom is -0.463 e. The molecule has 29 heavy (non-hydrogen) atoms. The van der Waals surface area contributed by atoms with Crippen LogP contribution in [0.25, 0.3) is 0 Å². The number of esters is 1.